The van der Waals surface area contributed by atoms with Crippen molar-refractivity contribution in [2.24, 2.45) is 0 Å². The Morgan fingerprint density at radius 1 is 1.19 bits per heavy atom. The number of amides is 4. The number of halogens is 1. The number of hydrogen-bond donors (Lipinski definition) is 1. The quantitative estimate of drug-likeness (QED) is 0.397. The van der Waals surface area contributed by atoms with Crippen molar-refractivity contribution in [3.8, 4) is 11.5 Å². The van der Waals surface area contributed by atoms with Crippen LogP contribution in [0, 0.1) is 0 Å². The Morgan fingerprint density at radius 3 is 2.61 bits per heavy atom. The number of nitrogens with zero attached hydrogens (tertiary/aromatic N) is 1. The van der Waals surface area contributed by atoms with Crippen molar-refractivity contribution < 1.29 is 23.9 Å². The molecule has 3 rings (SSSR count). The highest BCUT2D eigenvalue weighted by Gasteiger charge is 2.37. The SMILES string of the molecule is C=CCc1cc(/C=C2\C(=O)NC(=O)N(c3cccc(Cl)c3)C2=O)cc(OC)c1OCC. The second-order valence-electron chi connectivity index (χ2n) is 6.57. The number of barbiturate groups is 1. The number of benzene rings is 2. The van der Waals surface area contributed by atoms with Crippen molar-refractivity contribution in [1.29, 1.82) is 0 Å². The van der Waals surface area contributed by atoms with Crippen LogP contribution in [0.4, 0.5) is 10.5 Å². The van der Waals surface area contributed by atoms with Gasteiger partial charge in [-0.1, -0.05) is 23.7 Å². The van der Waals surface area contributed by atoms with Crippen LogP contribution in [0.5, 0.6) is 11.5 Å². The molecule has 31 heavy (non-hydrogen) atoms. The summed E-state index contributed by atoms with van der Waals surface area (Å²) in [6.07, 6.45) is 3.62. The third-order valence-corrected chi connectivity index (χ3v) is 4.74. The van der Waals surface area contributed by atoms with Crippen LogP contribution in [-0.4, -0.2) is 31.6 Å². The number of ether oxygens (including phenoxy) is 2. The minimum Gasteiger partial charge on any atom is -0.493 e. The fourth-order valence-electron chi connectivity index (χ4n) is 3.21. The molecule has 1 fully saturated rings. The number of hydrogen-bond acceptors (Lipinski definition) is 5. The third kappa shape index (κ3) is 4.62. The zero-order chi connectivity index (χ0) is 22.5. The van der Waals surface area contributed by atoms with Crippen LogP contribution < -0.4 is 19.7 Å². The number of anilines is 1. The van der Waals surface area contributed by atoms with Crippen LogP contribution in [0.25, 0.3) is 6.08 Å². The van der Waals surface area contributed by atoms with Crippen molar-refractivity contribution in [2.75, 3.05) is 18.6 Å². The van der Waals surface area contributed by atoms with Gasteiger partial charge in [-0.2, -0.15) is 0 Å². The standard InChI is InChI=1S/C23H21ClN2O5/c1-4-7-15-10-14(12-19(30-3)20(15)31-5-2)11-18-21(27)25-23(29)26(22(18)28)17-9-6-8-16(24)13-17/h4,6,8-13H,1,5,7H2,2-3H3,(H,25,27,29)/b18-11+. The number of methoxy groups -OCH3 is 1. The van der Waals surface area contributed by atoms with Gasteiger partial charge in [-0.05, 0) is 55.3 Å². The Bertz CT molecular complexity index is 1090. The molecule has 1 aliphatic heterocycles. The number of rotatable bonds is 7. The topological polar surface area (TPSA) is 84.9 Å². The van der Waals surface area contributed by atoms with E-state index >= 15 is 0 Å². The van der Waals surface area contributed by atoms with Crippen molar-refractivity contribution in [1.82, 2.24) is 5.32 Å². The van der Waals surface area contributed by atoms with E-state index in [1.807, 2.05) is 6.92 Å². The van der Waals surface area contributed by atoms with Gasteiger partial charge >= 0.3 is 6.03 Å². The van der Waals surface area contributed by atoms with Gasteiger partial charge in [0.25, 0.3) is 11.8 Å². The first-order chi connectivity index (χ1) is 14.9. The van der Waals surface area contributed by atoms with Gasteiger partial charge in [0.1, 0.15) is 5.57 Å². The van der Waals surface area contributed by atoms with Gasteiger partial charge in [0, 0.05) is 10.6 Å². The minimum absolute atomic E-state index is 0.199. The maximum atomic E-state index is 13.1. The second kappa shape index (κ2) is 9.49. The molecule has 1 saturated heterocycles. The summed E-state index contributed by atoms with van der Waals surface area (Å²) in [5.74, 6) is -0.512. The summed E-state index contributed by atoms with van der Waals surface area (Å²) in [5, 5.41) is 2.54. The highest BCUT2D eigenvalue weighted by molar-refractivity contribution is 6.39. The summed E-state index contributed by atoms with van der Waals surface area (Å²) in [6, 6.07) is 8.84. The zero-order valence-electron chi connectivity index (χ0n) is 17.1. The third-order valence-electron chi connectivity index (χ3n) is 4.51. The normalized spacial score (nSPS) is 15.1. The molecule has 1 aliphatic rings. The van der Waals surface area contributed by atoms with Gasteiger partial charge in [0.2, 0.25) is 0 Å². The van der Waals surface area contributed by atoms with Crippen molar-refractivity contribution in [3.63, 3.8) is 0 Å². The maximum Gasteiger partial charge on any atom is 0.335 e. The number of carbonyl (C=O) groups excluding carboxylic acids is 3. The molecule has 0 radical (unpaired) electrons. The molecule has 8 heteroatoms. The first kappa shape index (κ1) is 22.1. The monoisotopic (exact) mass is 440 g/mol. The minimum atomic E-state index is -0.842. The first-order valence-electron chi connectivity index (χ1n) is 9.51. The number of urea groups is 1. The van der Waals surface area contributed by atoms with E-state index < -0.39 is 17.8 Å². The number of allylic oxidation sites excluding steroid dienone is 1. The number of imide groups is 2. The Hall–Kier alpha value is -3.58. The van der Waals surface area contributed by atoms with E-state index in [0.29, 0.717) is 35.1 Å². The molecule has 0 bridgehead atoms. The summed E-state index contributed by atoms with van der Waals surface area (Å²) in [5.41, 5.74) is 1.38. The van der Waals surface area contributed by atoms with Crippen LogP contribution in [0.3, 0.4) is 0 Å². The lowest BCUT2D eigenvalue weighted by molar-refractivity contribution is -0.122. The maximum absolute atomic E-state index is 13.1. The summed E-state index contributed by atoms with van der Waals surface area (Å²) in [4.78, 5) is 38.7. The molecule has 0 aliphatic carbocycles. The fourth-order valence-corrected chi connectivity index (χ4v) is 3.39. The molecule has 1 heterocycles. The van der Waals surface area contributed by atoms with E-state index in [1.54, 1.807) is 36.4 Å². The van der Waals surface area contributed by atoms with Gasteiger partial charge in [-0.15, -0.1) is 6.58 Å². The van der Waals surface area contributed by atoms with E-state index in [9.17, 15) is 14.4 Å². The largest absolute Gasteiger partial charge is 0.493 e. The van der Waals surface area contributed by atoms with Crippen LogP contribution in [0.15, 0.2) is 54.6 Å². The predicted molar refractivity (Wildman–Crippen MR) is 119 cm³/mol. The van der Waals surface area contributed by atoms with Crippen molar-refractivity contribution >= 4 is 41.2 Å². The molecular formula is C23H21ClN2O5. The van der Waals surface area contributed by atoms with Gasteiger partial charge in [-0.3, -0.25) is 14.9 Å². The highest BCUT2D eigenvalue weighted by Crippen LogP contribution is 2.35. The Morgan fingerprint density at radius 2 is 1.97 bits per heavy atom. The van der Waals surface area contributed by atoms with Crippen LogP contribution in [0.1, 0.15) is 18.1 Å². The Kier molecular flexibility index (Phi) is 6.77. The molecule has 0 unspecified atom stereocenters. The van der Waals surface area contributed by atoms with Crippen LogP contribution >= 0.6 is 11.6 Å². The molecule has 0 atom stereocenters. The molecule has 0 spiro atoms. The van der Waals surface area contributed by atoms with Gasteiger partial charge in [0.05, 0.1) is 19.4 Å². The smallest absolute Gasteiger partial charge is 0.335 e. The van der Waals surface area contributed by atoms with Gasteiger partial charge < -0.3 is 9.47 Å². The summed E-state index contributed by atoms with van der Waals surface area (Å²) in [6.45, 7) is 6.06. The van der Waals surface area contributed by atoms with Crippen molar-refractivity contribution in [2.45, 2.75) is 13.3 Å². The molecule has 0 saturated carbocycles. The highest BCUT2D eigenvalue weighted by atomic mass is 35.5. The van der Waals surface area contributed by atoms with E-state index in [1.165, 1.54) is 19.3 Å². The number of nitrogens with one attached hydrogen (secondary N) is 1. The molecular weight excluding hydrogens is 420 g/mol. The second-order valence-corrected chi connectivity index (χ2v) is 7.01. The zero-order valence-corrected chi connectivity index (χ0v) is 17.9. The molecule has 7 nitrogen and oxygen atoms in total. The molecule has 2 aromatic carbocycles. The molecule has 4 amide bonds. The lowest BCUT2D eigenvalue weighted by Gasteiger charge is -2.26. The lowest BCUT2D eigenvalue weighted by atomic mass is 10.0. The van der Waals surface area contributed by atoms with Gasteiger partial charge in [0.15, 0.2) is 11.5 Å². The molecule has 0 aromatic heterocycles. The average Bonchev–Trinajstić information content (AvgIpc) is 2.73. The summed E-state index contributed by atoms with van der Waals surface area (Å²) >= 11 is 5.99. The summed E-state index contributed by atoms with van der Waals surface area (Å²) < 4.78 is 11.1. The molecule has 2 aromatic rings. The van der Waals surface area contributed by atoms with E-state index in [0.717, 1.165) is 10.5 Å². The van der Waals surface area contributed by atoms with Gasteiger partial charge in [-0.25, -0.2) is 9.69 Å². The van der Waals surface area contributed by atoms with E-state index in [2.05, 4.69) is 11.9 Å². The van der Waals surface area contributed by atoms with Crippen molar-refractivity contribution in [3.05, 3.63) is 70.8 Å². The fraction of sp³-hybridized carbons (Fsp3) is 0.174. The van der Waals surface area contributed by atoms with Crippen LogP contribution in [0.2, 0.25) is 5.02 Å². The van der Waals surface area contributed by atoms with Crippen LogP contribution in [-0.2, 0) is 16.0 Å². The summed E-state index contributed by atoms with van der Waals surface area (Å²) in [7, 11) is 1.50. The average molecular weight is 441 g/mol. The lowest BCUT2D eigenvalue weighted by Crippen LogP contribution is -2.54. The van der Waals surface area contributed by atoms with E-state index in [4.69, 9.17) is 21.1 Å². The Balaban J connectivity index is 2.08. The Labute approximate surface area is 184 Å². The molecule has 160 valence electrons. The van der Waals surface area contributed by atoms with E-state index in [-0.39, 0.29) is 11.3 Å². The molecule has 1 N–H and O–H groups in total. The predicted octanol–water partition coefficient (Wildman–Crippen LogP) is 4.14. The first-order valence-corrected chi connectivity index (χ1v) is 9.89. The number of carbonyl (C=O) groups is 3.